The average molecular weight is 251 g/mol. The first kappa shape index (κ1) is 14.9. The summed E-state index contributed by atoms with van der Waals surface area (Å²) in [5.41, 5.74) is 1.44. The fraction of sp³-hybridized carbons (Fsp3) is 0.786. The molecule has 0 radical (unpaired) electrons. The van der Waals surface area contributed by atoms with Gasteiger partial charge in [-0.15, -0.1) is 0 Å². The van der Waals surface area contributed by atoms with Gasteiger partial charge in [0.2, 0.25) is 5.43 Å². The minimum absolute atomic E-state index is 0.0697. The monoisotopic (exact) mass is 251 g/mol. The maximum absolute atomic E-state index is 12.2. The van der Waals surface area contributed by atoms with Crippen LogP contribution in [0, 0.1) is 0 Å². The lowest BCUT2D eigenvalue weighted by atomic mass is 10.1. The highest BCUT2D eigenvalue weighted by molar-refractivity contribution is 5.07. The molecule has 1 aromatic rings. The summed E-state index contributed by atoms with van der Waals surface area (Å²) in [6.45, 7) is 4.32. The zero-order valence-corrected chi connectivity index (χ0v) is 11.9. The molecule has 0 spiro atoms. The first-order chi connectivity index (χ1) is 8.69. The van der Waals surface area contributed by atoms with Crippen molar-refractivity contribution in [2.24, 2.45) is 7.05 Å². The molecule has 0 saturated heterocycles. The smallest absolute Gasteiger partial charge is 0.225 e. The second-order valence-corrected chi connectivity index (χ2v) is 4.83. The van der Waals surface area contributed by atoms with Crippen LogP contribution < -0.4 is 5.43 Å². The minimum atomic E-state index is 0.0697. The van der Waals surface area contributed by atoms with E-state index in [0.29, 0.717) is 11.4 Å². The summed E-state index contributed by atoms with van der Waals surface area (Å²) in [5.74, 6) is 0. The molecule has 4 heteroatoms. The molecule has 18 heavy (non-hydrogen) atoms. The van der Waals surface area contributed by atoms with Crippen LogP contribution in [0.25, 0.3) is 0 Å². The van der Waals surface area contributed by atoms with Crippen LogP contribution in [0.15, 0.2) is 4.79 Å². The molecule has 0 aliphatic rings. The average Bonchev–Trinajstić information content (AvgIpc) is 2.35. The van der Waals surface area contributed by atoms with E-state index in [1.165, 1.54) is 0 Å². The molecule has 0 bridgehead atoms. The molecule has 0 aliphatic heterocycles. The summed E-state index contributed by atoms with van der Waals surface area (Å²) >= 11 is 0. The second kappa shape index (κ2) is 8.01. The van der Waals surface area contributed by atoms with E-state index in [1.54, 1.807) is 11.8 Å². The van der Waals surface area contributed by atoms with E-state index in [4.69, 9.17) is 0 Å². The van der Waals surface area contributed by atoms with E-state index in [-0.39, 0.29) is 5.43 Å². The molecule has 0 atom stereocenters. The summed E-state index contributed by atoms with van der Waals surface area (Å²) in [6, 6.07) is 0. The third kappa shape index (κ3) is 4.59. The van der Waals surface area contributed by atoms with Gasteiger partial charge < -0.3 is 0 Å². The lowest BCUT2D eigenvalue weighted by molar-refractivity contribution is 0.552. The van der Waals surface area contributed by atoms with E-state index in [1.807, 2.05) is 0 Å². The Kier molecular flexibility index (Phi) is 6.61. The number of aryl methyl sites for hydroxylation is 3. The van der Waals surface area contributed by atoms with Gasteiger partial charge in [-0.1, -0.05) is 39.5 Å². The molecule has 0 aromatic carbocycles. The lowest BCUT2D eigenvalue weighted by Crippen LogP contribution is -2.24. The van der Waals surface area contributed by atoms with Gasteiger partial charge in [0.05, 0.1) is 0 Å². The van der Waals surface area contributed by atoms with Crippen LogP contribution in [0.3, 0.4) is 0 Å². The van der Waals surface area contributed by atoms with Crippen molar-refractivity contribution >= 4 is 0 Å². The van der Waals surface area contributed by atoms with E-state index >= 15 is 0 Å². The topological polar surface area (TPSA) is 47.8 Å². The molecule has 0 fully saturated rings. The molecule has 0 saturated carbocycles. The molecule has 1 heterocycles. The quantitative estimate of drug-likeness (QED) is 0.667. The molecule has 1 aromatic heterocycles. The highest BCUT2D eigenvalue weighted by Gasteiger charge is 2.09. The normalized spacial score (nSPS) is 10.8. The van der Waals surface area contributed by atoms with Crippen LogP contribution in [0.4, 0.5) is 0 Å². The Labute approximate surface area is 109 Å². The Balaban J connectivity index is 2.75. The van der Waals surface area contributed by atoms with E-state index in [9.17, 15) is 4.79 Å². The molecule has 0 amide bonds. The van der Waals surface area contributed by atoms with Gasteiger partial charge in [-0.3, -0.25) is 4.79 Å². The van der Waals surface area contributed by atoms with Gasteiger partial charge in [-0.25, -0.2) is 0 Å². The van der Waals surface area contributed by atoms with E-state index in [0.717, 1.165) is 51.4 Å². The Hall–Kier alpha value is -1.19. The zero-order valence-electron chi connectivity index (χ0n) is 11.9. The standard InChI is InChI=1S/C14H25N3O/c1-4-6-8-10-12-14(18)13(11-9-7-5-2)16-17(3)15-12/h4-11H2,1-3H3. The van der Waals surface area contributed by atoms with Gasteiger partial charge in [0.1, 0.15) is 11.4 Å². The van der Waals surface area contributed by atoms with Crippen LogP contribution >= 0.6 is 0 Å². The van der Waals surface area contributed by atoms with E-state index < -0.39 is 0 Å². The van der Waals surface area contributed by atoms with Gasteiger partial charge in [0, 0.05) is 7.05 Å². The van der Waals surface area contributed by atoms with Crippen molar-refractivity contribution in [3.05, 3.63) is 21.6 Å². The highest BCUT2D eigenvalue weighted by Crippen LogP contribution is 2.03. The second-order valence-electron chi connectivity index (χ2n) is 4.83. The molecular formula is C14H25N3O. The fourth-order valence-electron chi connectivity index (χ4n) is 2.04. The molecule has 4 nitrogen and oxygen atoms in total. The third-order valence-electron chi connectivity index (χ3n) is 3.09. The van der Waals surface area contributed by atoms with Crippen LogP contribution in [-0.4, -0.2) is 15.0 Å². The van der Waals surface area contributed by atoms with Crippen molar-refractivity contribution < 1.29 is 0 Å². The summed E-state index contributed by atoms with van der Waals surface area (Å²) in [7, 11) is 1.80. The summed E-state index contributed by atoms with van der Waals surface area (Å²) in [4.78, 5) is 13.7. The Bertz CT molecular complexity index is 378. The predicted molar refractivity (Wildman–Crippen MR) is 73.7 cm³/mol. The van der Waals surface area contributed by atoms with Gasteiger partial charge in [-0.2, -0.15) is 15.0 Å². The summed E-state index contributed by atoms with van der Waals surface area (Å²) in [6.07, 6.45) is 8.27. The van der Waals surface area contributed by atoms with E-state index in [2.05, 4.69) is 24.0 Å². The van der Waals surface area contributed by atoms with Crippen LogP contribution in [0.5, 0.6) is 0 Å². The maximum Gasteiger partial charge on any atom is 0.225 e. The number of rotatable bonds is 8. The minimum Gasteiger partial charge on any atom is -0.286 e. The summed E-state index contributed by atoms with van der Waals surface area (Å²) in [5, 5.41) is 8.45. The van der Waals surface area contributed by atoms with Gasteiger partial charge in [0.25, 0.3) is 0 Å². The van der Waals surface area contributed by atoms with Crippen molar-refractivity contribution in [3.8, 4) is 0 Å². The Morgan fingerprint density at radius 1 is 0.889 bits per heavy atom. The van der Waals surface area contributed by atoms with Crippen molar-refractivity contribution in [2.75, 3.05) is 0 Å². The van der Waals surface area contributed by atoms with Crippen LogP contribution in [0.2, 0.25) is 0 Å². The molecule has 0 aliphatic carbocycles. The molecule has 0 N–H and O–H groups in total. The SMILES string of the molecule is CCCCCc1nn(C)nc(CCCCC)c1=O. The van der Waals surface area contributed by atoms with Crippen molar-refractivity contribution in [1.29, 1.82) is 0 Å². The van der Waals surface area contributed by atoms with Gasteiger partial charge in [0.15, 0.2) is 0 Å². The number of hydrogen-bond acceptors (Lipinski definition) is 3. The van der Waals surface area contributed by atoms with Crippen LogP contribution in [0.1, 0.15) is 63.8 Å². The largest absolute Gasteiger partial charge is 0.286 e. The first-order valence-corrected chi connectivity index (χ1v) is 7.12. The molecule has 1 rings (SSSR count). The Morgan fingerprint density at radius 3 is 1.72 bits per heavy atom. The third-order valence-corrected chi connectivity index (χ3v) is 3.09. The number of aromatic nitrogens is 3. The fourth-order valence-corrected chi connectivity index (χ4v) is 2.04. The highest BCUT2D eigenvalue weighted by atomic mass is 16.1. The number of unbranched alkanes of at least 4 members (excludes halogenated alkanes) is 4. The molecule has 0 unspecified atom stereocenters. The van der Waals surface area contributed by atoms with Crippen molar-refractivity contribution in [2.45, 2.75) is 65.2 Å². The van der Waals surface area contributed by atoms with Crippen molar-refractivity contribution in [3.63, 3.8) is 0 Å². The zero-order chi connectivity index (χ0) is 13.4. The predicted octanol–water partition coefficient (Wildman–Crippen LogP) is 2.64. The first-order valence-electron chi connectivity index (χ1n) is 7.12. The number of hydrogen-bond donors (Lipinski definition) is 0. The lowest BCUT2D eigenvalue weighted by Gasteiger charge is -2.06. The maximum atomic E-state index is 12.2. The molecule has 102 valence electrons. The van der Waals surface area contributed by atoms with Gasteiger partial charge in [-0.05, 0) is 25.7 Å². The van der Waals surface area contributed by atoms with Gasteiger partial charge >= 0.3 is 0 Å². The number of nitrogens with zero attached hydrogens (tertiary/aromatic N) is 3. The van der Waals surface area contributed by atoms with Crippen molar-refractivity contribution in [1.82, 2.24) is 15.0 Å². The molecular weight excluding hydrogens is 226 g/mol. The summed E-state index contributed by atoms with van der Waals surface area (Å²) < 4.78 is 0. The van der Waals surface area contributed by atoms with Crippen LogP contribution in [-0.2, 0) is 19.9 Å². The Morgan fingerprint density at radius 2 is 1.33 bits per heavy atom.